The number of thiophene rings is 1. The van der Waals surface area contributed by atoms with Gasteiger partial charge in [0.2, 0.25) is 5.89 Å². The molecule has 0 aliphatic carbocycles. The van der Waals surface area contributed by atoms with Crippen LogP contribution in [-0.4, -0.2) is 10.1 Å². The molecule has 0 aliphatic heterocycles. The Labute approximate surface area is 120 Å². The summed E-state index contributed by atoms with van der Waals surface area (Å²) in [5.41, 5.74) is 2.12. The van der Waals surface area contributed by atoms with Crippen molar-refractivity contribution in [2.75, 3.05) is 0 Å². The number of oxazole rings is 1. The molecule has 0 radical (unpaired) electrons. The van der Waals surface area contributed by atoms with Gasteiger partial charge in [-0.2, -0.15) is 0 Å². The van der Waals surface area contributed by atoms with E-state index in [9.17, 15) is 5.11 Å². The Hall–Kier alpha value is -2.33. The van der Waals surface area contributed by atoms with Crippen LogP contribution in [0.5, 0.6) is 0 Å². The predicted octanol–water partition coefficient (Wildman–Crippen LogP) is 4.95. The van der Waals surface area contributed by atoms with E-state index in [0.717, 1.165) is 10.4 Å². The minimum absolute atomic E-state index is 0.159. The van der Waals surface area contributed by atoms with Gasteiger partial charge in [-0.15, -0.1) is 11.3 Å². The maximum absolute atomic E-state index is 9.84. The van der Waals surface area contributed by atoms with Gasteiger partial charge in [0.1, 0.15) is 11.3 Å². The maximum atomic E-state index is 9.84. The van der Waals surface area contributed by atoms with Gasteiger partial charge in [0, 0.05) is 10.4 Å². The molecule has 3 nitrogen and oxygen atoms in total. The Balaban J connectivity index is 2.07. The second kappa shape index (κ2) is 4.98. The summed E-state index contributed by atoms with van der Waals surface area (Å²) in [6.07, 6.45) is 3.08. The van der Waals surface area contributed by atoms with E-state index in [2.05, 4.69) is 11.6 Å². The molecule has 2 aromatic heterocycles. The monoisotopic (exact) mass is 283 g/mol. The fourth-order valence-corrected chi connectivity index (χ4v) is 2.74. The van der Waals surface area contributed by atoms with Crippen LogP contribution >= 0.6 is 11.3 Å². The number of hydrogen-bond acceptors (Lipinski definition) is 4. The zero-order valence-corrected chi connectivity index (χ0v) is 11.8. The van der Waals surface area contributed by atoms with Crippen LogP contribution in [0.15, 0.2) is 53.5 Å². The lowest BCUT2D eigenvalue weighted by Crippen LogP contribution is -1.81. The Morgan fingerprint density at radius 1 is 1.35 bits per heavy atom. The second-order valence-electron chi connectivity index (χ2n) is 4.40. The van der Waals surface area contributed by atoms with Gasteiger partial charge in [-0.25, -0.2) is 4.98 Å². The molecule has 3 rings (SSSR count). The summed E-state index contributed by atoms with van der Waals surface area (Å²) in [4.78, 5) is 6.69. The number of aliphatic hydroxyl groups is 1. The third-order valence-corrected chi connectivity index (χ3v) is 3.90. The third-order valence-electron chi connectivity index (χ3n) is 2.91. The summed E-state index contributed by atoms with van der Waals surface area (Å²) in [5, 5.41) is 9.84. The average molecular weight is 283 g/mol. The number of aliphatic hydroxyl groups excluding tert-OH is 1. The molecular weight excluding hydrogens is 270 g/mol. The number of aryl methyl sites for hydroxylation is 1. The minimum Gasteiger partial charge on any atom is -0.507 e. The van der Waals surface area contributed by atoms with Crippen molar-refractivity contribution in [2.24, 2.45) is 0 Å². The molecule has 2 heterocycles. The fraction of sp³-hybridized carbons (Fsp3) is 0.0625. The zero-order valence-electron chi connectivity index (χ0n) is 11.0. The van der Waals surface area contributed by atoms with Crippen molar-refractivity contribution >= 4 is 28.2 Å². The van der Waals surface area contributed by atoms with Crippen LogP contribution in [0.25, 0.3) is 27.6 Å². The van der Waals surface area contributed by atoms with Crippen LogP contribution < -0.4 is 0 Å². The van der Waals surface area contributed by atoms with E-state index in [1.807, 2.05) is 31.2 Å². The van der Waals surface area contributed by atoms with E-state index < -0.39 is 0 Å². The molecule has 0 amide bonds. The largest absolute Gasteiger partial charge is 0.507 e. The Morgan fingerprint density at radius 3 is 2.90 bits per heavy atom. The quantitative estimate of drug-likeness (QED) is 0.546. The maximum Gasteiger partial charge on any atom is 0.237 e. The molecule has 0 unspecified atom stereocenters. The number of nitrogens with zero attached hydrogens (tertiary/aromatic N) is 1. The van der Waals surface area contributed by atoms with Crippen molar-refractivity contribution in [2.45, 2.75) is 6.92 Å². The summed E-state index contributed by atoms with van der Waals surface area (Å²) in [6, 6.07) is 9.47. The highest BCUT2D eigenvalue weighted by Gasteiger charge is 2.11. The normalized spacial score (nSPS) is 11.9. The van der Waals surface area contributed by atoms with Crippen molar-refractivity contribution < 1.29 is 9.52 Å². The van der Waals surface area contributed by atoms with Gasteiger partial charge >= 0.3 is 0 Å². The van der Waals surface area contributed by atoms with Crippen molar-refractivity contribution in [3.8, 4) is 10.8 Å². The molecule has 1 aromatic carbocycles. The molecule has 0 saturated carbocycles. The van der Waals surface area contributed by atoms with E-state index in [-0.39, 0.29) is 5.76 Å². The molecule has 3 aromatic rings. The van der Waals surface area contributed by atoms with Gasteiger partial charge in [-0.1, -0.05) is 12.7 Å². The van der Waals surface area contributed by atoms with E-state index in [0.29, 0.717) is 17.0 Å². The fourth-order valence-electron chi connectivity index (χ4n) is 1.95. The summed E-state index contributed by atoms with van der Waals surface area (Å²) in [5.74, 6) is 0.772. The lowest BCUT2D eigenvalue weighted by atomic mass is 10.1. The number of fused-ring (bicyclic) bond motifs is 1. The molecule has 100 valence electrons. The molecular formula is C16H13NO2S. The van der Waals surface area contributed by atoms with Gasteiger partial charge in [0.25, 0.3) is 0 Å². The molecule has 0 atom stereocenters. The number of rotatable bonds is 3. The first kappa shape index (κ1) is 12.7. The first-order chi connectivity index (χ1) is 9.67. The van der Waals surface area contributed by atoms with Gasteiger partial charge in [-0.05, 0) is 43.3 Å². The lowest BCUT2D eigenvalue weighted by Gasteiger charge is -1.97. The molecule has 20 heavy (non-hydrogen) atoms. The Bertz CT molecular complexity index is 811. The molecule has 4 heteroatoms. The summed E-state index contributed by atoms with van der Waals surface area (Å²) < 4.78 is 5.77. The summed E-state index contributed by atoms with van der Waals surface area (Å²) in [7, 11) is 0. The summed E-state index contributed by atoms with van der Waals surface area (Å²) >= 11 is 1.64. The zero-order chi connectivity index (χ0) is 14.1. The van der Waals surface area contributed by atoms with Gasteiger partial charge < -0.3 is 9.52 Å². The minimum atomic E-state index is 0.159. The number of aromatic nitrogens is 1. The first-order valence-corrected chi connectivity index (χ1v) is 6.98. The van der Waals surface area contributed by atoms with Crippen LogP contribution in [-0.2, 0) is 0 Å². The number of benzene rings is 1. The second-order valence-corrected chi connectivity index (χ2v) is 5.69. The van der Waals surface area contributed by atoms with Crippen LogP contribution in [0.2, 0.25) is 0 Å². The van der Waals surface area contributed by atoms with E-state index in [1.165, 1.54) is 4.88 Å². The third kappa shape index (κ3) is 2.26. The molecule has 0 saturated heterocycles. The molecule has 1 N–H and O–H groups in total. The standard InChI is InChI=1S/C16H13NO2S/c1-3-4-13(18)11-6-7-12-14(9-11)19-16(17-12)15-8-5-10(2)20-15/h3-9,18H,1H2,2H3/b13-4-. The van der Waals surface area contributed by atoms with Crippen LogP contribution in [0.1, 0.15) is 10.4 Å². The number of allylic oxidation sites excluding steroid dienone is 2. The van der Waals surface area contributed by atoms with Crippen molar-refractivity contribution in [3.63, 3.8) is 0 Å². The SMILES string of the molecule is C=C/C=C(\O)c1ccc2nc(-c3ccc(C)s3)oc2c1. The number of hydrogen-bond donors (Lipinski definition) is 1. The Kier molecular flexibility index (Phi) is 3.16. The highest BCUT2D eigenvalue weighted by atomic mass is 32.1. The lowest BCUT2D eigenvalue weighted by molar-refractivity contribution is 0.511. The highest BCUT2D eigenvalue weighted by Crippen LogP contribution is 2.30. The molecule has 0 bridgehead atoms. The average Bonchev–Trinajstić information content (AvgIpc) is 3.03. The van der Waals surface area contributed by atoms with E-state index >= 15 is 0 Å². The smallest absolute Gasteiger partial charge is 0.237 e. The van der Waals surface area contributed by atoms with Crippen LogP contribution in [0.4, 0.5) is 0 Å². The van der Waals surface area contributed by atoms with E-state index in [4.69, 9.17) is 4.42 Å². The van der Waals surface area contributed by atoms with Gasteiger partial charge in [0.05, 0.1) is 4.88 Å². The van der Waals surface area contributed by atoms with Crippen LogP contribution in [0.3, 0.4) is 0 Å². The predicted molar refractivity (Wildman–Crippen MR) is 82.9 cm³/mol. The van der Waals surface area contributed by atoms with Crippen molar-refractivity contribution in [1.29, 1.82) is 0 Å². The molecule has 0 aliphatic rings. The van der Waals surface area contributed by atoms with Crippen molar-refractivity contribution in [1.82, 2.24) is 4.98 Å². The molecule has 0 spiro atoms. The van der Waals surface area contributed by atoms with E-state index in [1.54, 1.807) is 29.6 Å². The van der Waals surface area contributed by atoms with Crippen molar-refractivity contribution in [3.05, 3.63) is 59.5 Å². The molecule has 0 fully saturated rings. The highest BCUT2D eigenvalue weighted by molar-refractivity contribution is 7.15. The van der Waals surface area contributed by atoms with Crippen LogP contribution in [0, 0.1) is 6.92 Å². The first-order valence-electron chi connectivity index (χ1n) is 6.17. The van der Waals surface area contributed by atoms with Gasteiger partial charge in [-0.3, -0.25) is 0 Å². The van der Waals surface area contributed by atoms with Gasteiger partial charge in [0.15, 0.2) is 5.58 Å². The topological polar surface area (TPSA) is 46.3 Å². The Morgan fingerprint density at radius 2 is 2.20 bits per heavy atom. The summed E-state index contributed by atoms with van der Waals surface area (Å²) in [6.45, 7) is 5.61.